The summed E-state index contributed by atoms with van der Waals surface area (Å²) in [6.07, 6.45) is -2.21. The van der Waals surface area contributed by atoms with Crippen molar-refractivity contribution in [2.75, 3.05) is 0 Å². The lowest BCUT2D eigenvalue weighted by Gasteiger charge is -2.13. The fourth-order valence-electron chi connectivity index (χ4n) is 5.10. The van der Waals surface area contributed by atoms with Gasteiger partial charge in [-0.25, -0.2) is 37.1 Å². The summed E-state index contributed by atoms with van der Waals surface area (Å²) in [5.41, 5.74) is 15.2. The lowest BCUT2D eigenvalue weighted by Crippen LogP contribution is -2.16. The van der Waals surface area contributed by atoms with Gasteiger partial charge in [0.15, 0.2) is 12.2 Å². The van der Waals surface area contributed by atoms with Gasteiger partial charge in [0.1, 0.15) is 32.5 Å². The monoisotopic (exact) mass is 1150 g/mol. The molecule has 6 aromatic rings. The minimum absolute atomic E-state index is 0. The van der Waals surface area contributed by atoms with Crippen LogP contribution in [0, 0.1) is 23.3 Å². The number of carboxylic acid groups (broad SMARTS) is 2. The Morgan fingerprint density at radius 1 is 0.500 bits per heavy atom. The molecule has 2 heterocycles. The molecule has 0 spiro atoms. The molecule has 4 atom stereocenters. The summed E-state index contributed by atoms with van der Waals surface area (Å²) < 4.78 is 55.3. The number of benzene rings is 4. The van der Waals surface area contributed by atoms with Crippen LogP contribution in [-0.4, -0.2) is 42.3 Å². The third-order valence-electron chi connectivity index (χ3n) is 7.84. The molecule has 2 aromatic heterocycles. The van der Waals surface area contributed by atoms with E-state index in [4.69, 9.17) is 31.9 Å². The highest BCUT2D eigenvalue weighted by Gasteiger charge is 2.17. The molecule has 1 unspecified atom stereocenters. The van der Waals surface area contributed by atoms with Crippen molar-refractivity contribution in [2.45, 2.75) is 66.8 Å². The molecule has 10 nitrogen and oxygen atoms in total. The average Bonchev–Trinajstić information content (AvgIpc) is 3.19. The number of aliphatic hydroxyl groups excluding tert-OH is 2. The molecular weight excluding hydrogens is 1100 g/mol. The molecule has 0 radical (unpaired) electrons. The Morgan fingerprint density at radius 2 is 0.781 bits per heavy atom. The van der Waals surface area contributed by atoms with Gasteiger partial charge in [0.2, 0.25) is 0 Å². The van der Waals surface area contributed by atoms with E-state index in [-0.39, 0.29) is 29.7 Å². The Morgan fingerprint density at radius 3 is 1.05 bits per heavy atom. The Labute approximate surface area is 405 Å². The Bertz CT molecular complexity index is 2140. The molecule has 0 fully saturated rings. The summed E-state index contributed by atoms with van der Waals surface area (Å²) in [4.78, 5) is 29.0. The van der Waals surface area contributed by atoms with Crippen molar-refractivity contribution in [1.29, 1.82) is 0 Å². The molecule has 0 aliphatic heterocycles. The first-order valence-electron chi connectivity index (χ1n) is 17.3. The van der Waals surface area contributed by atoms with Crippen LogP contribution < -0.4 is 11.5 Å². The van der Waals surface area contributed by atoms with E-state index in [9.17, 15) is 27.2 Å². The van der Waals surface area contributed by atoms with Crippen LogP contribution in [0.2, 0.25) is 0 Å². The number of hydrogen-bond acceptors (Lipinski definition) is 8. The number of pyridine rings is 2. The van der Waals surface area contributed by atoms with Crippen LogP contribution in [0.15, 0.2) is 139 Å². The lowest BCUT2D eigenvalue weighted by atomic mass is 10.0. The Hall–Kier alpha value is -4.40. The van der Waals surface area contributed by atoms with Crippen LogP contribution in [0.3, 0.4) is 0 Å². The van der Waals surface area contributed by atoms with Gasteiger partial charge < -0.3 is 31.9 Å². The molecule has 0 bridgehead atoms. The zero-order valence-electron chi connectivity index (χ0n) is 30.9. The predicted octanol–water partition coefficient (Wildman–Crippen LogP) is 12.4. The van der Waals surface area contributed by atoms with Crippen LogP contribution in [0.4, 0.5) is 17.6 Å². The molecule has 0 aliphatic rings. The number of carboxylic acids is 2. The molecule has 0 saturated heterocycles. The highest BCUT2D eigenvalue weighted by Crippen LogP contribution is 2.27. The van der Waals surface area contributed by atoms with E-state index >= 15 is 0 Å². The maximum Gasteiger partial charge on any atom is 0.337 e. The van der Waals surface area contributed by atoms with Crippen molar-refractivity contribution in [3.05, 3.63) is 196 Å². The third-order valence-corrected chi connectivity index (χ3v) is 10.1. The van der Waals surface area contributed by atoms with Gasteiger partial charge in [-0.1, -0.05) is 90.4 Å². The van der Waals surface area contributed by atoms with Crippen molar-refractivity contribution in [2.24, 2.45) is 11.5 Å². The molecule has 6 rings (SSSR count). The highest BCUT2D eigenvalue weighted by atomic mass is 79.9. The molecule has 18 heteroatoms. The van der Waals surface area contributed by atoms with Crippen LogP contribution in [0.25, 0.3) is 0 Å². The van der Waals surface area contributed by atoms with Gasteiger partial charge >= 0.3 is 11.9 Å². The SMILES string of the molecule is C.C.C.C.NC(Cc1cc(F)cc(F)c1)c1nc(Br)ccc1Br.N[C@@H](Cc1cc(F)cc(F)c1)c1nc(Br)ccc1Br.O=C(O)[C@H](O)c1ccccc1.O=C(O)[C@H](O)c1ccccc1. The standard InChI is InChI=1S/2C13H10Br2F2N2.2C8H8O3.4CH4/c2*14-10-1-2-12(15)19-13(10)11(18)5-7-3-8(16)6-9(17)4-7;2*9-7(8(10)11)6-4-2-1-3-5-6;;;;/h2*1-4,6,11H,5,18H2;2*1-5,7,9H,(H,10,11);4*1H4/t11-;;2*7-;;;;/m0.11..../s1. The molecule has 348 valence electrons. The minimum Gasteiger partial charge on any atom is -0.479 e. The van der Waals surface area contributed by atoms with Gasteiger partial charge in [0.25, 0.3) is 0 Å². The zero-order valence-corrected chi connectivity index (χ0v) is 37.3. The third kappa shape index (κ3) is 21.1. The maximum atomic E-state index is 13.1. The summed E-state index contributed by atoms with van der Waals surface area (Å²) in [7, 11) is 0. The Balaban J connectivity index is 0. The largest absolute Gasteiger partial charge is 0.479 e. The first-order valence-corrected chi connectivity index (χ1v) is 20.5. The number of aliphatic hydroxyl groups is 2. The smallest absolute Gasteiger partial charge is 0.337 e. The number of aliphatic carboxylic acids is 2. The second-order valence-corrected chi connectivity index (χ2v) is 15.8. The number of hydrogen-bond donors (Lipinski definition) is 6. The minimum atomic E-state index is -1.41. The number of nitrogens with two attached hydrogens (primary N) is 2. The molecule has 4 aromatic carbocycles. The molecule has 0 amide bonds. The maximum absolute atomic E-state index is 13.1. The summed E-state index contributed by atoms with van der Waals surface area (Å²) in [6, 6.07) is 29.6. The van der Waals surface area contributed by atoms with E-state index in [1.807, 2.05) is 12.1 Å². The quantitative estimate of drug-likeness (QED) is 0.0568. The molecular formula is C46H52Br4F4N4O6. The van der Waals surface area contributed by atoms with Crippen molar-refractivity contribution in [3.63, 3.8) is 0 Å². The molecule has 0 aliphatic carbocycles. The van der Waals surface area contributed by atoms with Crippen molar-refractivity contribution >= 4 is 75.7 Å². The second-order valence-electron chi connectivity index (χ2n) is 12.5. The topological polar surface area (TPSA) is 193 Å². The Kier molecular flexibility index (Phi) is 29.6. The zero-order chi connectivity index (χ0) is 44.5. The highest BCUT2D eigenvalue weighted by molar-refractivity contribution is 9.11. The van der Waals surface area contributed by atoms with E-state index in [0.29, 0.717) is 55.7 Å². The van der Waals surface area contributed by atoms with Gasteiger partial charge in [0.05, 0.1) is 23.5 Å². The lowest BCUT2D eigenvalue weighted by molar-refractivity contribution is -0.147. The summed E-state index contributed by atoms with van der Waals surface area (Å²) in [5, 5.41) is 34.8. The van der Waals surface area contributed by atoms with Crippen LogP contribution in [-0.2, 0) is 22.4 Å². The van der Waals surface area contributed by atoms with Crippen LogP contribution in [0.1, 0.15) is 87.6 Å². The fourth-order valence-corrected chi connectivity index (χ4v) is 6.78. The number of halogens is 8. The van der Waals surface area contributed by atoms with Gasteiger partial charge in [-0.3, -0.25) is 0 Å². The van der Waals surface area contributed by atoms with Crippen LogP contribution >= 0.6 is 63.7 Å². The van der Waals surface area contributed by atoms with Gasteiger partial charge in [-0.05, 0) is 147 Å². The second kappa shape index (κ2) is 30.7. The summed E-state index contributed by atoms with van der Waals surface area (Å²) in [5.74, 6) is -4.88. The van der Waals surface area contributed by atoms with Crippen LogP contribution in [0.5, 0.6) is 0 Å². The normalized spacial score (nSPS) is 11.7. The van der Waals surface area contributed by atoms with Crippen molar-refractivity contribution in [3.8, 4) is 0 Å². The van der Waals surface area contributed by atoms with Gasteiger partial charge in [-0.15, -0.1) is 0 Å². The first-order chi connectivity index (χ1) is 28.3. The number of rotatable bonds is 10. The molecule has 8 N–H and O–H groups in total. The number of nitrogens with zero attached hydrogens (tertiary/aromatic N) is 2. The number of carbonyl (C=O) groups is 2. The van der Waals surface area contributed by atoms with E-state index < -0.39 is 59.5 Å². The number of aromatic nitrogens is 2. The first kappa shape index (κ1) is 61.7. The van der Waals surface area contributed by atoms with Gasteiger partial charge in [0, 0.05) is 21.1 Å². The fraction of sp³-hybridized carbons (Fsp3) is 0.217. The average molecular weight is 1150 g/mol. The van der Waals surface area contributed by atoms with E-state index in [2.05, 4.69) is 73.7 Å². The van der Waals surface area contributed by atoms with E-state index in [1.54, 1.807) is 72.8 Å². The summed E-state index contributed by atoms with van der Waals surface area (Å²) in [6.45, 7) is 0. The van der Waals surface area contributed by atoms with Crippen molar-refractivity contribution in [1.82, 2.24) is 9.97 Å². The van der Waals surface area contributed by atoms with E-state index in [0.717, 1.165) is 21.1 Å². The molecule has 0 saturated carbocycles. The van der Waals surface area contributed by atoms with Gasteiger partial charge in [-0.2, -0.15) is 0 Å². The summed E-state index contributed by atoms with van der Waals surface area (Å²) >= 11 is 13.3. The predicted molar refractivity (Wildman–Crippen MR) is 258 cm³/mol. The van der Waals surface area contributed by atoms with E-state index in [1.165, 1.54) is 24.3 Å². The van der Waals surface area contributed by atoms with Crippen molar-refractivity contribution < 1.29 is 47.6 Å². The molecule has 64 heavy (non-hydrogen) atoms.